The smallest absolute Gasteiger partial charge is 0.191 e. The van der Waals surface area contributed by atoms with Crippen LogP contribution in [0.2, 0.25) is 0 Å². The summed E-state index contributed by atoms with van der Waals surface area (Å²) in [6.07, 6.45) is 3.76. The predicted octanol–water partition coefficient (Wildman–Crippen LogP) is 3.10. The van der Waals surface area contributed by atoms with Gasteiger partial charge in [0.25, 0.3) is 0 Å². The summed E-state index contributed by atoms with van der Waals surface area (Å²) in [5, 5.41) is 13.0. The van der Waals surface area contributed by atoms with Crippen LogP contribution in [-0.2, 0) is 12.0 Å². The zero-order valence-corrected chi connectivity index (χ0v) is 17.1. The summed E-state index contributed by atoms with van der Waals surface area (Å²) < 4.78 is 1.91. The zero-order valence-electron chi connectivity index (χ0n) is 14.0. The number of nitrogens with zero attached hydrogens (tertiary/aromatic N) is 3. The Balaban J connectivity index is 0.00000264. The van der Waals surface area contributed by atoms with Gasteiger partial charge in [0.2, 0.25) is 0 Å². The van der Waals surface area contributed by atoms with E-state index in [2.05, 4.69) is 54.0 Å². The number of rotatable bonds is 7. The van der Waals surface area contributed by atoms with Crippen LogP contribution in [0.15, 0.2) is 41.0 Å². The Morgan fingerprint density at radius 2 is 2.17 bits per heavy atom. The summed E-state index contributed by atoms with van der Waals surface area (Å²) in [5.74, 6) is 0.860. The number of aromatic nitrogens is 2. The Hall–Kier alpha value is -1.09. The number of nitrogens with one attached hydrogen (secondary N) is 2. The molecule has 0 fully saturated rings. The van der Waals surface area contributed by atoms with E-state index in [4.69, 9.17) is 4.99 Å². The van der Waals surface area contributed by atoms with Crippen molar-refractivity contribution in [3.8, 4) is 0 Å². The molecule has 0 aliphatic heterocycles. The van der Waals surface area contributed by atoms with Gasteiger partial charge < -0.3 is 10.6 Å². The van der Waals surface area contributed by atoms with Crippen molar-refractivity contribution in [3.05, 3.63) is 40.8 Å². The summed E-state index contributed by atoms with van der Waals surface area (Å²) in [7, 11) is 0. The van der Waals surface area contributed by atoms with Gasteiger partial charge in [-0.3, -0.25) is 9.67 Å². The van der Waals surface area contributed by atoms with Crippen molar-refractivity contribution < 1.29 is 0 Å². The maximum atomic E-state index is 4.73. The van der Waals surface area contributed by atoms with E-state index in [0.717, 1.165) is 32.1 Å². The van der Waals surface area contributed by atoms with Gasteiger partial charge in [-0.25, -0.2) is 0 Å². The lowest BCUT2D eigenvalue weighted by Gasteiger charge is -2.21. The van der Waals surface area contributed by atoms with Gasteiger partial charge in [0, 0.05) is 35.8 Å². The minimum atomic E-state index is 0. The molecule has 128 valence electrons. The van der Waals surface area contributed by atoms with E-state index in [-0.39, 0.29) is 29.4 Å². The normalized spacial score (nSPS) is 11.9. The Morgan fingerprint density at radius 1 is 1.35 bits per heavy atom. The number of thiophene rings is 1. The van der Waals surface area contributed by atoms with Crippen LogP contribution in [0.25, 0.3) is 0 Å². The molecule has 0 bridgehead atoms. The highest BCUT2D eigenvalue weighted by Gasteiger charge is 2.21. The highest BCUT2D eigenvalue weighted by molar-refractivity contribution is 14.0. The first-order valence-electron chi connectivity index (χ1n) is 7.65. The topological polar surface area (TPSA) is 54.2 Å². The molecule has 2 aromatic rings. The fourth-order valence-electron chi connectivity index (χ4n) is 2.08. The fourth-order valence-corrected chi connectivity index (χ4v) is 2.93. The summed E-state index contributed by atoms with van der Waals surface area (Å²) in [6, 6.07) is 6.21. The minimum absolute atomic E-state index is 0. The van der Waals surface area contributed by atoms with Crippen molar-refractivity contribution >= 4 is 41.3 Å². The number of hydrogen-bond donors (Lipinski definition) is 2. The van der Waals surface area contributed by atoms with Crippen molar-refractivity contribution in [3.63, 3.8) is 0 Å². The van der Waals surface area contributed by atoms with Gasteiger partial charge in [0.1, 0.15) is 0 Å². The summed E-state index contributed by atoms with van der Waals surface area (Å²) >= 11 is 1.79. The molecule has 23 heavy (non-hydrogen) atoms. The average molecular weight is 447 g/mol. The van der Waals surface area contributed by atoms with Crippen molar-refractivity contribution in [2.24, 2.45) is 4.99 Å². The van der Waals surface area contributed by atoms with Crippen molar-refractivity contribution in [2.75, 3.05) is 19.6 Å². The van der Waals surface area contributed by atoms with Gasteiger partial charge in [0.05, 0.1) is 13.1 Å². The van der Waals surface area contributed by atoms with Gasteiger partial charge in [-0.05, 0) is 24.4 Å². The molecule has 0 aliphatic carbocycles. The van der Waals surface area contributed by atoms with Crippen LogP contribution in [0.5, 0.6) is 0 Å². The van der Waals surface area contributed by atoms with Crippen LogP contribution in [0.4, 0.5) is 0 Å². The zero-order chi connectivity index (χ0) is 15.8. The van der Waals surface area contributed by atoms with E-state index in [0.29, 0.717) is 0 Å². The fraction of sp³-hybridized carbons (Fsp3) is 0.500. The average Bonchev–Trinajstić information content (AvgIpc) is 3.18. The third-order valence-corrected chi connectivity index (χ3v) is 4.59. The maximum Gasteiger partial charge on any atom is 0.191 e. The molecule has 0 aromatic carbocycles. The summed E-state index contributed by atoms with van der Waals surface area (Å²) in [4.78, 5) is 6.10. The molecule has 2 heterocycles. The quantitative estimate of drug-likeness (QED) is 0.390. The first-order valence-corrected chi connectivity index (χ1v) is 8.53. The van der Waals surface area contributed by atoms with Gasteiger partial charge in [0.15, 0.2) is 5.96 Å². The first kappa shape index (κ1) is 20.0. The molecular weight excluding hydrogens is 421 g/mol. The number of guanidine groups is 1. The maximum absolute atomic E-state index is 4.73. The second kappa shape index (κ2) is 9.92. The SMILES string of the molecule is CCNC(=NCC(C)(C)c1cccs1)NCCn1cccn1.I. The molecule has 7 heteroatoms. The monoisotopic (exact) mass is 447 g/mol. The molecule has 2 rings (SSSR count). The molecule has 2 aromatic heterocycles. The van der Waals surface area contributed by atoms with Crippen LogP contribution in [0, 0.1) is 0 Å². The summed E-state index contributed by atoms with van der Waals surface area (Å²) in [5.41, 5.74) is 0.0541. The lowest BCUT2D eigenvalue weighted by atomic mass is 9.92. The Morgan fingerprint density at radius 3 is 2.78 bits per heavy atom. The molecule has 0 saturated heterocycles. The van der Waals surface area contributed by atoms with E-state index in [9.17, 15) is 0 Å². The first-order chi connectivity index (χ1) is 10.6. The number of aliphatic imine (C=N–C) groups is 1. The van der Waals surface area contributed by atoms with Crippen molar-refractivity contribution in [1.82, 2.24) is 20.4 Å². The lowest BCUT2D eigenvalue weighted by Crippen LogP contribution is -2.39. The molecular formula is C16H26IN5S. The third kappa shape index (κ3) is 6.50. The van der Waals surface area contributed by atoms with E-state index in [1.54, 1.807) is 17.5 Å². The second-order valence-corrected chi connectivity index (χ2v) is 6.70. The van der Waals surface area contributed by atoms with E-state index < -0.39 is 0 Å². The highest BCUT2D eigenvalue weighted by atomic mass is 127. The van der Waals surface area contributed by atoms with Gasteiger partial charge >= 0.3 is 0 Å². The Kier molecular flexibility index (Phi) is 8.60. The lowest BCUT2D eigenvalue weighted by molar-refractivity contribution is 0.546. The van der Waals surface area contributed by atoms with E-state index in [1.807, 2.05) is 16.9 Å². The molecule has 0 spiro atoms. The van der Waals surface area contributed by atoms with Crippen LogP contribution >= 0.6 is 35.3 Å². The summed E-state index contributed by atoms with van der Waals surface area (Å²) in [6.45, 7) is 9.77. The van der Waals surface area contributed by atoms with Gasteiger partial charge in [-0.1, -0.05) is 19.9 Å². The Labute approximate surface area is 159 Å². The van der Waals surface area contributed by atoms with Crippen LogP contribution in [0.1, 0.15) is 25.6 Å². The predicted molar refractivity (Wildman–Crippen MR) is 109 cm³/mol. The molecule has 0 atom stereocenters. The standard InChI is InChI=1S/C16H25N5S.HI/c1-4-17-15(18-9-11-21-10-6-8-20-21)19-13-16(2,3)14-7-5-12-22-14;/h5-8,10,12H,4,9,11,13H2,1-3H3,(H2,17,18,19);1H. The highest BCUT2D eigenvalue weighted by Crippen LogP contribution is 2.27. The molecule has 0 saturated carbocycles. The van der Waals surface area contributed by atoms with Crippen molar-refractivity contribution in [2.45, 2.75) is 32.7 Å². The van der Waals surface area contributed by atoms with Gasteiger partial charge in [-0.2, -0.15) is 5.10 Å². The number of halogens is 1. The largest absolute Gasteiger partial charge is 0.357 e. The van der Waals surface area contributed by atoms with Crippen LogP contribution in [0.3, 0.4) is 0 Å². The minimum Gasteiger partial charge on any atom is -0.357 e. The molecule has 0 amide bonds. The van der Waals surface area contributed by atoms with E-state index >= 15 is 0 Å². The second-order valence-electron chi connectivity index (χ2n) is 5.75. The van der Waals surface area contributed by atoms with Crippen LogP contribution < -0.4 is 10.6 Å². The third-order valence-electron chi connectivity index (χ3n) is 3.36. The molecule has 2 N–H and O–H groups in total. The molecule has 0 unspecified atom stereocenters. The molecule has 0 aliphatic rings. The van der Waals surface area contributed by atoms with Gasteiger partial charge in [-0.15, -0.1) is 35.3 Å². The van der Waals surface area contributed by atoms with E-state index in [1.165, 1.54) is 4.88 Å². The number of hydrogen-bond acceptors (Lipinski definition) is 3. The molecule has 0 radical (unpaired) electrons. The Bertz CT molecular complexity index is 563. The molecule has 5 nitrogen and oxygen atoms in total. The van der Waals surface area contributed by atoms with Crippen LogP contribution in [-0.4, -0.2) is 35.4 Å². The van der Waals surface area contributed by atoms with Crippen molar-refractivity contribution in [1.29, 1.82) is 0 Å².